The Kier molecular flexibility index (Phi) is 6.79. The number of phenolic OH excluding ortho intramolecular Hbond substituents is 1. The summed E-state index contributed by atoms with van der Waals surface area (Å²) < 4.78 is 2.84. The lowest BCUT2D eigenvalue weighted by Crippen LogP contribution is -2.19. The molecule has 8 nitrogen and oxygen atoms in total. The fraction of sp³-hybridized carbons (Fsp3) is 0.0769. The highest BCUT2D eigenvalue weighted by Gasteiger charge is 2.13. The number of phenols is 1. The lowest BCUT2D eigenvalue weighted by Gasteiger charge is -2.13. The normalized spacial score (nSPS) is 10.8. The molecule has 36 heavy (non-hydrogen) atoms. The van der Waals surface area contributed by atoms with Crippen molar-refractivity contribution in [2.45, 2.75) is 6.54 Å². The maximum atomic E-state index is 10.1. The smallest absolute Gasteiger partial charge is 0.175 e. The Hall–Kier alpha value is -4.02. The number of anilines is 3. The SMILES string of the molecule is Cn1ccc2nc(-c3cccc(NC(=S)Nc4cc(Br)ccc4O)c3)nc(NCc3ccncc3)c21. The molecular weight excluding hydrogens is 538 g/mol. The molecule has 0 radical (unpaired) electrons. The summed E-state index contributed by atoms with van der Waals surface area (Å²) >= 11 is 8.85. The Labute approximate surface area is 221 Å². The van der Waals surface area contributed by atoms with Crippen LogP contribution in [0.3, 0.4) is 0 Å². The molecule has 0 amide bonds. The number of halogens is 1. The van der Waals surface area contributed by atoms with Crippen LogP contribution in [0.4, 0.5) is 17.2 Å². The molecule has 0 spiro atoms. The van der Waals surface area contributed by atoms with Crippen molar-refractivity contribution in [1.29, 1.82) is 0 Å². The first kappa shape index (κ1) is 23.7. The first-order valence-electron chi connectivity index (χ1n) is 11.1. The second kappa shape index (κ2) is 10.3. The van der Waals surface area contributed by atoms with Gasteiger partial charge in [0.1, 0.15) is 11.3 Å². The molecule has 0 bridgehead atoms. The molecule has 4 N–H and O–H groups in total. The van der Waals surface area contributed by atoms with Gasteiger partial charge in [0.2, 0.25) is 0 Å². The van der Waals surface area contributed by atoms with Crippen LogP contribution in [0.1, 0.15) is 5.56 Å². The molecule has 0 aliphatic carbocycles. The Morgan fingerprint density at radius 1 is 1.03 bits per heavy atom. The number of aromatic nitrogens is 4. The second-order valence-electron chi connectivity index (χ2n) is 8.09. The number of fused-ring (bicyclic) bond motifs is 1. The van der Waals surface area contributed by atoms with Crippen molar-refractivity contribution in [3.8, 4) is 17.1 Å². The number of pyridine rings is 1. The van der Waals surface area contributed by atoms with Crippen LogP contribution < -0.4 is 16.0 Å². The van der Waals surface area contributed by atoms with Crippen LogP contribution in [0.5, 0.6) is 5.75 Å². The van der Waals surface area contributed by atoms with Crippen LogP contribution in [-0.2, 0) is 13.6 Å². The van der Waals surface area contributed by atoms with Crippen LogP contribution in [0.15, 0.2) is 83.7 Å². The summed E-state index contributed by atoms with van der Waals surface area (Å²) in [5.41, 5.74) is 4.99. The molecule has 0 aliphatic rings. The van der Waals surface area contributed by atoms with E-state index in [1.807, 2.05) is 60.3 Å². The van der Waals surface area contributed by atoms with Gasteiger partial charge in [-0.2, -0.15) is 0 Å². The van der Waals surface area contributed by atoms with Crippen molar-refractivity contribution in [2.75, 3.05) is 16.0 Å². The number of rotatable bonds is 6. The van der Waals surface area contributed by atoms with E-state index in [4.69, 9.17) is 22.2 Å². The maximum absolute atomic E-state index is 10.1. The molecule has 0 unspecified atom stereocenters. The quantitative estimate of drug-likeness (QED) is 0.150. The molecule has 0 fully saturated rings. The van der Waals surface area contributed by atoms with Crippen molar-refractivity contribution >= 4 is 61.5 Å². The Morgan fingerprint density at radius 2 is 1.86 bits per heavy atom. The number of thiocarbonyl (C=S) groups is 1. The van der Waals surface area contributed by atoms with Crippen LogP contribution >= 0.6 is 28.1 Å². The van der Waals surface area contributed by atoms with E-state index in [1.54, 1.807) is 30.6 Å². The molecule has 5 aromatic rings. The summed E-state index contributed by atoms with van der Waals surface area (Å²) in [5, 5.41) is 20.1. The minimum absolute atomic E-state index is 0.104. The lowest BCUT2D eigenvalue weighted by atomic mass is 10.2. The molecule has 2 aromatic carbocycles. The summed E-state index contributed by atoms with van der Waals surface area (Å²) in [5.74, 6) is 1.45. The molecule has 0 saturated carbocycles. The average molecular weight is 560 g/mol. The van der Waals surface area contributed by atoms with Gasteiger partial charge in [-0.25, -0.2) is 9.97 Å². The van der Waals surface area contributed by atoms with Gasteiger partial charge >= 0.3 is 0 Å². The molecular formula is C26H22BrN7OS. The minimum Gasteiger partial charge on any atom is -0.506 e. The predicted octanol–water partition coefficient (Wildman–Crippen LogP) is 5.92. The molecule has 10 heteroatoms. The number of hydrogen-bond donors (Lipinski definition) is 4. The Morgan fingerprint density at radius 3 is 2.69 bits per heavy atom. The summed E-state index contributed by atoms with van der Waals surface area (Å²) in [6.07, 6.45) is 5.52. The van der Waals surface area contributed by atoms with E-state index < -0.39 is 0 Å². The van der Waals surface area contributed by atoms with E-state index in [2.05, 4.69) is 36.9 Å². The fourth-order valence-electron chi connectivity index (χ4n) is 3.76. The minimum atomic E-state index is 0.104. The van der Waals surface area contributed by atoms with Gasteiger partial charge in [-0.15, -0.1) is 0 Å². The number of aryl methyl sites for hydroxylation is 1. The summed E-state index contributed by atoms with van der Waals surface area (Å²) in [4.78, 5) is 13.7. The van der Waals surface area contributed by atoms with Crippen LogP contribution in [0, 0.1) is 0 Å². The van der Waals surface area contributed by atoms with Crippen molar-refractivity contribution in [3.63, 3.8) is 0 Å². The first-order valence-corrected chi connectivity index (χ1v) is 12.3. The van der Waals surface area contributed by atoms with Crippen molar-refractivity contribution < 1.29 is 5.11 Å². The molecule has 0 atom stereocenters. The molecule has 3 heterocycles. The first-order chi connectivity index (χ1) is 17.5. The van der Waals surface area contributed by atoms with Gasteiger partial charge in [0, 0.05) is 47.9 Å². The summed E-state index contributed by atoms with van der Waals surface area (Å²) in [6, 6.07) is 18.7. The molecule has 0 saturated heterocycles. The monoisotopic (exact) mass is 559 g/mol. The fourth-order valence-corrected chi connectivity index (χ4v) is 4.35. The zero-order valence-electron chi connectivity index (χ0n) is 19.2. The van der Waals surface area contributed by atoms with Gasteiger partial charge in [0.05, 0.1) is 11.2 Å². The average Bonchev–Trinajstić information content (AvgIpc) is 3.26. The van der Waals surface area contributed by atoms with Crippen LogP contribution in [-0.4, -0.2) is 29.7 Å². The number of nitrogens with zero attached hydrogens (tertiary/aromatic N) is 4. The highest BCUT2D eigenvalue weighted by atomic mass is 79.9. The predicted molar refractivity (Wildman–Crippen MR) is 151 cm³/mol. The van der Waals surface area contributed by atoms with E-state index in [-0.39, 0.29) is 5.75 Å². The number of nitrogens with one attached hydrogen (secondary N) is 3. The zero-order chi connectivity index (χ0) is 25.1. The van der Waals surface area contributed by atoms with Crippen molar-refractivity contribution in [2.24, 2.45) is 7.05 Å². The molecule has 5 rings (SSSR count). The van der Waals surface area contributed by atoms with E-state index in [0.717, 1.165) is 38.1 Å². The highest BCUT2D eigenvalue weighted by Crippen LogP contribution is 2.29. The number of hydrogen-bond acceptors (Lipinski definition) is 6. The van der Waals surface area contributed by atoms with Gasteiger partial charge in [0.25, 0.3) is 0 Å². The second-order valence-corrected chi connectivity index (χ2v) is 9.41. The van der Waals surface area contributed by atoms with Gasteiger partial charge in [-0.1, -0.05) is 28.1 Å². The largest absolute Gasteiger partial charge is 0.506 e. The van der Waals surface area contributed by atoms with E-state index in [0.29, 0.717) is 23.2 Å². The number of aromatic hydroxyl groups is 1. The van der Waals surface area contributed by atoms with E-state index in [9.17, 15) is 5.11 Å². The van der Waals surface area contributed by atoms with Crippen molar-refractivity contribution in [1.82, 2.24) is 19.5 Å². The Balaban J connectivity index is 1.40. The maximum Gasteiger partial charge on any atom is 0.175 e. The lowest BCUT2D eigenvalue weighted by molar-refractivity contribution is 0.478. The van der Waals surface area contributed by atoms with Crippen molar-refractivity contribution in [3.05, 3.63) is 89.3 Å². The highest BCUT2D eigenvalue weighted by molar-refractivity contribution is 9.10. The zero-order valence-corrected chi connectivity index (χ0v) is 21.6. The molecule has 0 aliphatic heterocycles. The standard InChI is InChI=1S/C26H22BrN7OS/c1-34-12-9-20-23(34)25(29-15-16-7-10-28-11-8-16)33-24(31-20)17-3-2-4-19(13-17)30-26(36)32-21-14-18(27)5-6-22(21)35/h2-14,35H,15H2,1H3,(H,29,31,33)(H2,30,32,36). The topological polar surface area (TPSA) is 99.9 Å². The summed E-state index contributed by atoms with van der Waals surface area (Å²) in [7, 11) is 1.98. The Bertz CT molecular complexity index is 1560. The molecule has 3 aromatic heterocycles. The third kappa shape index (κ3) is 5.29. The van der Waals surface area contributed by atoms with Gasteiger partial charge in [0.15, 0.2) is 16.8 Å². The third-order valence-electron chi connectivity index (χ3n) is 5.51. The van der Waals surface area contributed by atoms with Crippen LogP contribution in [0.25, 0.3) is 22.4 Å². The van der Waals surface area contributed by atoms with E-state index in [1.165, 1.54) is 0 Å². The van der Waals surface area contributed by atoms with E-state index >= 15 is 0 Å². The van der Waals surface area contributed by atoms with Crippen LogP contribution in [0.2, 0.25) is 0 Å². The third-order valence-corrected chi connectivity index (χ3v) is 6.21. The van der Waals surface area contributed by atoms with Gasteiger partial charge < -0.3 is 25.6 Å². The van der Waals surface area contributed by atoms with Gasteiger partial charge in [-0.05, 0) is 66.3 Å². The summed E-state index contributed by atoms with van der Waals surface area (Å²) in [6.45, 7) is 0.614. The van der Waals surface area contributed by atoms with Gasteiger partial charge in [-0.3, -0.25) is 4.98 Å². The number of benzene rings is 2. The molecule has 180 valence electrons.